The van der Waals surface area contributed by atoms with Gasteiger partial charge in [0, 0.05) is 6.54 Å². The molecular formula is C18H17ClFIN2O2. The molecule has 7 heteroatoms. The van der Waals surface area contributed by atoms with E-state index in [1.54, 1.807) is 24.3 Å². The number of phenolic OH excluding ortho intramolecular Hbond substituents is 1. The maximum atomic E-state index is 13.8. The smallest absolute Gasteiger partial charge is 0.255 e. The van der Waals surface area contributed by atoms with Crippen molar-refractivity contribution in [1.29, 1.82) is 0 Å². The predicted octanol–water partition coefficient (Wildman–Crippen LogP) is 3.96. The highest BCUT2D eigenvalue weighted by atomic mass is 127. The molecule has 2 N–H and O–H groups in total. The lowest BCUT2D eigenvalue weighted by molar-refractivity contribution is 0.0925. The van der Waals surface area contributed by atoms with E-state index in [0.717, 1.165) is 18.5 Å². The summed E-state index contributed by atoms with van der Waals surface area (Å²) in [6.45, 7) is 0.776. The van der Waals surface area contributed by atoms with Crippen LogP contribution in [0.2, 0.25) is 5.02 Å². The van der Waals surface area contributed by atoms with E-state index in [-0.39, 0.29) is 34.3 Å². The van der Waals surface area contributed by atoms with Crippen molar-refractivity contribution in [3.8, 4) is 5.75 Å². The summed E-state index contributed by atoms with van der Waals surface area (Å²) in [4.78, 5) is 14.7. The molecule has 1 fully saturated rings. The van der Waals surface area contributed by atoms with Crippen molar-refractivity contribution in [1.82, 2.24) is 10.2 Å². The second-order valence-electron chi connectivity index (χ2n) is 6.10. The van der Waals surface area contributed by atoms with Crippen LogP contribution in [0.3, 0.4) is 0 Å². The monoisotopic (exact) mass is 474 g/mol. The SMILES string of the molecule is CN1CC[C@@H](NC(=O)c2cccc(I)c2O)[C@@H]1c1ccc(Cl)c(F)c1. The van der Waals surface area contributed by atoms with Crippen LogP contribution in [0.5, 0.6) is 5.75 Å². The Bertz CT molecular complexity index is 818. The van der Waals surface area contributed by atoms with Gasteiger partial charge in [0.25, 0.3) is 5.91 Å². The van der Waals surface area contributed by atoms with E-state index in [1.165, 1.54) is 12.1 Å². The van der Waals surface area contributed by atoms with Gasteiger partial charge in [-0.25, -0.2) is 4.39 Å². The van der Waals surface area contributed by atoms with E-state index >= 15 is 0 Å². The number of amides is 1. The van der Waals surface area contributed by atoms with Gasteiger partial charge in [0.05, 0.1) is 26.2 Å². The Morgan fingerprint density at radius 3 is 2.88 bits per heavy atom. The van der Waals surface area contributed by atoms with Crippen LogP contribution in [-0.4, -0.2) is 35.5 Å². The van der Waals surface area contributed by atoms with E-state index < -0.39 is 5.82 Å². The maximum Gasteiger partial charge on any atom is 0.255 e. The largest absolute Gasteiger partial charge is 0.506 e. The number of rotatable bonds is 3. The first-order valence-corrected chi connectivity index (χ1v) is 9.27. The summed E-state index contributed by atoms with van der Waals surface area (Å²) in [5.41, 5.74) is 1.00. The Labute approximate surface area is 164 Å². The molecule has 1 amide bonds. The second-order valence-corrected chi connectivity index (χ2v) is 7.67. The van der Waals surface area contributed by atoms with Crippen LogP contribution in [-0.2, 0) is 0 Å². The van der Waals surface area contributed by atoms with Gasteiger partial charge in [0.2, 0.25) is 0 Å². The highest BCUT2D eigenvalue weighted by Gasteiger charge is 2.35. The summed E-state index contributed by atoms with van der Waals surface area (Å²) >= 11 is 7.75. The first-order valence-electron chi connectivity index (χ1n) is 7.82. The number of benzene rings is 2. The average Bonchev–Trinajstić information content (AvgIpc) is 2.93. The fourth-order valence-electron chi connectivity index (χ4n) is 3.23. The molecule has 2 aromatic carbocycles. The summed E-state index contributed by atoms with van der Waals surface area (Å²) in [7, 11) is 1.94. The third-order valence-corrected chi connectivity index (χ3v) is 5.66. The normalized spacial score (nSPS) is 20.6. The molecule has 0 spiro atoms. The topological polar surface area (TPSA) is 52.6 Å². The molecule has 1 aliphatic rings. The molecule has 4 nitrogen and oxygen atoms in total. The van der Waals surface area contributed by atoms with Gasteiger partial charge in [-0.1, -0.05) is 23.7 Å². The van der Waals surface area contributed by atoms with Gasteiger partial charge in [0.1, 0.15) is 11.6 Å². The van der Waals surface area contributed by atoms with E-state index in [9.17, 15) is 14.3 Å². The molecule has 1 aliphatic heterocycles. The highest BCUT2D eigenvalue weighted by molar-refractivity contribution is 14.1. The molecule has 0 aromatic heterocycles. The third-order valence-electron chi connectivity index (χ3n) is 4.48. The molecule has 25 heavy (non-hydrogen) atoms. The van der Waals surface area contributed by atoms with Crippen molar-refractivity contribution < 1.29 is 14.3 Å². The third kappa shape index (κ3) is 3.75. The summed E-state index contributed by atoms with van der Waals surface area (Å²) in [6.07, 6.45) is 0.738. The summed E-state index contributed by atoms with van der Waals surface area (Å²) < 4.78 is 14.5. The lowest BCUT2D eigenvalue weighted by Crippen LogP contribution is -2.39. The van der Waals surface area contributed by atoms with E-state index in [1.807, 2.05) is 29.6 Å². The minimum Gasteiger partial charge on any atom is -0.506 e. The number of aromatic hydroxyl groups is 1. The fraction of sp³-hybridized carbons (Fsp3) is 0.278. The molecule has 0 bridgehead atoms. The number of phenols is 1. The lowest BCUT2D eigenvalue weighted by atomic mass is 9.99. The number of likely N-dealkylation sites (tertiary alicyclic amines) is 1. The van der Waals surface area contributed by atoms with Gasteiger partial charge >= 0.3 is 0 Å². The number of nitrogens with zero attached hydrogens (tertiary/aromatic N) is 1. The quantitative estimate of drug-likeness (QED) is 0.662. The summed E-state index contributed by atoms with van der Waals surface area (Å²) in [5, 5.41) is 13.2. The Hall–Kier alpha value is -1.38. The van der Waals surface area contributed by atoms with Crippen LogP contribution in [0.1, 0.15) is 28.4 Å². The Kier molecular flexibility index (Phi) is 5.50. The van der Waals surface area contributed by atoms with Crippen molar-refractivity contribution in [2.24, 2.45) is 0 Å². The standard InChI is InChI=1S/C18H17ClFIN2O2/c1-23-8-7-15(16(23)10-5-6-12(19)13(20)9-10)22-18(25)11-3-2-4-14(21)17(11)24/h2-6,9,15-16,24H,7-8H2,1H3,(H,22,25)/t15-,16+/m1/s1. The molecule has 0 unspecified atom stereocenters. The zero-order valence-corrected chi connectivity index (χ0v) is 16.4. The van der Waals surface area contributed by atoms with Crippen molar-refractivity contribution in [3.05, 3.63) is 61.9 Å². The van der Waals surface area contributed by atoms with Crippen LogP contribution in [0.4, 0.5) is 4.39 Å². The lowest BCUT2D eigenvalue weighted by Gasteiger charge is -2.26. The molecule has 2 atom stereocenters. The zero-order valence-electron chi connectivity index (χ0n) is 13.5. The van der Waals surface area contributed by atoms with E-state index in [2.05, 4.69) is 10.2 Å². The van der Waals surface area contributed by atoms with Crippen LogP contribution in [0.25, 0.3) is 0 Å². The Morgan fingerprint density at radius 2 is 2.16 bits per heavy atom. The highest BCUT2D eigenvalue weighted by Crippen LogP contribution is 2.33. The van der Waals surface area contributed by atoms with E-state index in [4.69, 9.17) is 11.6 Å². The molecular weight excluding hydrogens is 458 g/mol. The van der Waals surface area contributed by atoms with Gasteiger partial charge in [-0.3, -0.25) is 9.69 Å². The molecule has 0 aliphatic carbocycles. The van der Waals surface area contributed by atoms with E-state index in [0.29, 0.717) is 3.57 Å². The molecule has 0 radical (unpaired) electrons. The molecule has 0 saturated carbocycles. The number of para-hydroxylation sites is 1. The van der Waals surface area contributed by atoms with Crippen molar-refractivity contribution in [2.75, 3.05) is 13.6 Å². The van der Waals surface area contributed by atoms with Gasteiger partial charge < -0.3 is 10.4 Å². The number of halogens is 3. The number of carbonyl (C=O) groups is 1. The van der Waals surface area contributed by atoms with Crippen LogP contribution in [0, 0.1) is 9.39 Å². The second kappa shape index (κ2) is 7.47. The predicted molar refractivity (Wildman–Crippen MR) is 103 cm³/mol. The minimum absolute atomic E-state index is 0.0268. The molecule has 2 aromatic rings. The molecule has 132 valence electrons. The van der Waals surface area contributed by atoms with Gasteiger partial charge in [-0.2, -0.15) is 0 Å². The molecule has 3 rings (SSSR count). The summed E-state index contributed by atoms with van der Waals surface area (Å²) in [6, 6.07) is 9.43. The van der Waals surface area contributed by atoms with Crippen LogP contribution in [0.15, 0.2) is 36.4 Å². The number of likely N-dealkylation sites (N-methyl/N-ethyl adjacent to an activating group) is 1. The maximum absolute atomic E-state index is 13.8. The van der Waals surface area contributed by atoms with Crippen LogP contribution < -0.4 is 5.32 Å². The Morgan fingerprint density at radius 1 is 1.40 bits per heavy atom. The van der Waals surface area contributed by atoms with Gasteiger partial charge in [0.15, 0.2) is 0 Å². The van der Waals surface area contributed by atoms with Gasteiger partial charge in [-0.05, 0) is 65.9 Å². The zero-order chi connectivity index (χ0) is 18.1. The first kappa shape index (κ1) is 18.4. The summed E-state index contributed by atoms with van der Waals surface area (Å²) in [5.74, 6) is -0.836. The number of hydrogen-bond donors (Lipinski definition) is 2. The minimum atomic E-state index is -0.472. The average molecular weight is 475 g/mol. The number of carbonyl (C=O) groups excluding carboxylic acids is 1. The number of nitrogens with one attached hydrogen (secondary N) is 1. The van der Waals surface area contributed by atoms with Gasteiger partial charge in [-0.15, -0.1) is 0 Å². The molecule has 1 saturated heterocycles. The van der Waals surface area contributed by atoms with Crippen molar-refractivity contribution in [3.63, 3.8) is 0 Å². The van der Waals surface area contributed by atoms with Crippen LogP contribution >= 0.6 is 34.2 Å². The van der Waals surface area contributed by atoms with Crippen molar-refractivity contribution in [2.45, 2.75) is 18.5 Å². The first-order chi connectivity index (χ1) is 11.9. The molecule has 1 heterocycles. The van der Waals surface area contributed by atoms with Crippen molar-refractivity contribution >= 4 is 40.1 Å². The fourth-order valence-corrected chi connectivity index (χ4v) is 3.84. The number of hydrogen-bond acceptors (Lipinski definition) is 3. The Balaban J connectivity index is 1.84.